The number of thiophene rings is 1. The maximum absolute atomic E-state index is 8.78. The van der Waals surface area contributed by atoms with Crippen LogP contribution in [0.15, 0.2) is 36.4 Å². The molecule has 0 aliphatic carbocycles. The van der Waals surface area contributed by atoms with Gasteiger partial charge in [0.25, 0.3) is 0 Å². The van der Waals surface area contributed by atoms with Crippen LogP contribution in [0, 0.1) is 11.3 Å². The van der Waals surface area contributed by atoms with Crippen LogP contribution < -0.4 is 10.1 Å². The highest BCUT2D eigenvalue weighted by Crippen LogP contribution is 2.32. The molecule has 1 aromatic heterocycles. The minimum Gasteiger partial charge on any atom is -0.491 e. The number of para-hydroxylation sites is 1. The van der Waals surface area contributed by atoms with Crippen LogP contribution in [-0.4, -0.2) is 6.61 Å². The highest BCUT2D eigenvalue weighted by Gasteiger charge is 2.22. The van der Waals surface area contributed by atoms with E-state index < -0.39 is 0 Å². The Morgan fingerprint density at radius 3 is 3.06 bits per heavy atom. The number of hydrogen-bond acceptors (Lipinski definition) is 4. The molecule has 2 aromatic rings. The van der Waals surface area contributed by atoms with E-state index in [-0.39, 0.29) is 6.04 Å². The summed E-state index contributed by atoms with van der Waals surface area (Å²) in [6.45, 7) is 1.45. The molecule has 3 rings (SSSR count). The second kappa shape index (κ2) is 4.81. The zero-order valence-corrected chi connectivity index (χ0v) is 10.5. The van der Waals surface area contributed by atoms with E-state index in [1.54, 1.807) is 0 Å². The monoisotopic (exact) mass is 256 g/mol. The van der Waals surface area contributed by atoms with Crippen molar-refractivity contribution >= 4 is 11.3 Å². The van der Waals surface area contributed by atoms with Crippen molar-refractivity contribution in [3.05, 3.63) is 51.7 Å². The van der Waals surface area contributed by atoms with Gasteiger partial charge in [0.1, 0.15) is 23.3 Å². The molecule has 1 atom stereocenters. The lowest BCUT2D eigenvalue weighted by Gasteiger charge is -2.10. The Balaban J connectivity index is 1.67. The normalized spacial score (nSPS) is 16.9. The van der Waals surface area contributed by atoms with Gasteiger partial charge in [0.2, 0.25) is 0 Å². The molecule has 1 N–H and O–H groups in total. The van der Waals surface area contributed by atoms with E-state index in [0.29, 0.717) is 6.61 Å². The van der Waals surface area contributed by atoms with Gasteiger partial charge in [-0.2, -0.15) is 5.26 Å². The van der Waals surface area contributed by atoms with Gasteiger partial charge in [-0.1, -0.05) is 18.2 Å². The molecule has 0 bridgehead atoms. The number of hydrogen-bond donors (Lipinski definition) is 1. The van der Waals surface area contributed by atoms with Gasteiger partial charge >= 0.3 is 0 Å². The van der Waals surface area contributed by atoms with E-state index in [0.717, 1.165) is 17.2 Å². The molecule has 1 unspecified atom stereocenters. The third kappa shape index (κ3) is 2.10. The number of rotatable bonds is 3. The standard InChI is InChI=1S/C14H12N2OS/c15-7-10-5-6-11(18-10)8-16-13-9-17-14-4-2-1-3-12(13)14/h1-6,13,16H,8-9H2. The van der Waals surface area contributed by atoms with Gasteiger partial charge in [-0.15, -0.1) is 11.3 Å². The first-order chi connectivity index (χ1) is 8.86. The van der Waals surface area contributed by atoms with E-state index in [2.05, 4.69) is 17.5 Å². The zero-order valence-electron chi connectivity index (χ0n) is 9.72. The van der Waals surface area contributed by atoms with Crippen LogP contribution in [-0.2, 0) is 6.54 Å². The van der Waals surface area contributed by atoms with E-state index >= 15 is 0 Å². The van der Waals surface area contributed by atoms with E-state index in [1.807, 2.05) is 30.3 Å². The molecule has 4 heteroatoms. The van der Waals surface area contributed by atoms with Crippen molar-refractivity contribution in [3.63, 3.8) is 0 Å². The maximum atomic E-state index is 8.78. The third-order valence-electron chi connectivity index (χ3n) is 2.99. The van der Waals surface area contributed by atoms with Gasteiger partial charge in [0.05, 0.1) is 6.04 Å². The Hall–Kier alpha value is -1.83. The molecular formula is C14H12N2OS. The minimum absolute atomic E-state index is 0.244. The summed E-state index contributed by atoms with van der Waals surface area (Å²) in [5, 5.41) is 12.2. The maximum Gasteiger partial charge on any atom is 0.124 e. The van der Waals surface area contributed by atoms with Gasteiger partial charge in [-0.3, -0.25) is 0 Å². The number of benzene rings is 1. The Morgan fingerprint density at radius 1 is 1.33 bits per heavy atom. The topological polar surface area (TPSA) is 45.0 Å². The van der Waals surface area contributed by atoms with Crippen molar-refractivity contribution in [2.45, 2.75) is 12.6 Å². The first kappa shape index (κ1) is 11.3. The van der Waals surface area contributed by atoms with Crippen LogP contribution in [0.4, 0.5) is 0 Å². The SMILES string of the molecule is N#Cc1ccc(CNC2COc3ccccc32)s1. The number of ether oxygens (including phenoxy) is 1. The predicted octanol–water partition coefficient (Wildman–Crippen LogP) is 2.84. The van der Waals surface area contributed by atoms with Gasteiger partial charge in [0.15, 0.2) is 0 Å². The first-order valence-corrected chi connectivity index (χ1v) is 6.62. The second-order valence-electron chi connectivity index (χ2n) is 4.16. The lowest BCUT2D eigenvalue weighted by molar-refractivity contribution is 0.311. The summed E-state index contributed by atoms with van der Waals surface area (Å²) in [6.07, 6.45) is 0. The van der Waals surface area contributed by atoms with Crippen molar-refractivity contribution in [2.75, 3.05) is 6.61 Å². The molecule has 3 nitrogen and oxygen atoms in total. The predicted molar refractivity (Wildman–Crippen MR) is 70.6 cm³/mol. The zero-order chi connectivity index (χ0) is 12.4. The Labute approximate surface area is 110 Å². The quantitative estimate of drug-likeness (QED) is 0.918. The number of fused-ring (bicyclic) bond motifs is 1. The average Bonchev–Trinajstić information content (AvgIpc) is 3.03. The van der Waals surface area contributed by atoms with Crippen LogP contribution in [0.3, 0.4) is 0 Å². The third-order valence-corrected chi connectivity index (χ3v) is 3.98. The number of nitrogens with zero attached hydrogens (tertiary/aromatic N) is 1. The Kier molecular flexibility index (Phi) is 3.01. The van der Waals surface area contributed by atoms with Crippen LogP contribution >= 0.6 is 11.3 Å². The first-order valence-electron chi connectivity index (χ1n) is 5.81. The summed E-state index contributed by atoms with van der Waals surface area (Å²) in [6, 6.07) is 14.4. The molecule has 1 aromatic carbocycles. The fourth-order valence-electron chi connectivity index (χ4n) is 2.09. The summed E-state index contributed by atoms with van der Waals surface area (Å²) < 4.78 is 5.61. The van der Waals surface area contributed by atoms with Crippen molar-refractivity contribution in [3.8, 4) is 11.8 Å². The molecule has 0 saturated heterocycles. The fourth-order valence-corrected chi connectivity index (χ4v) is 2.84. The highest BCUT2D eigenvalue weighted by atomic mass is 32.1. The minimum atomic E-state index is 0.244. The smallest absolute Gasteiger partial charge is 0.124 e. The summed E-state index contributed by atoms with van der Waals surface area (Å²) in [5.74, 6) is 0.971. The van der Waals surface area contributed by atoms with Crippen LogP contribution in [0.25, 0.3) is 0 Å². The van der Waals surface area contributed by atoms with Crippen LogP contribution in [0.1, 0.15) is 21.4 Å². The summed E-state index contributed by atoms with van der Waals surface area (Å²) in [5.41, 5.74) is 1.22. The molecule has 0 radical (unpaired) electrons. The van der Waals surface area contributed by atoms with Gasteiger partial charge in [-0.25, -0.2) is 0 Å². The molecule has 0 spiro atoms. The van der Waals surface area contributed by atoms with Crippen molar-refractivity contribution in [2.24, 2.45) is 0 Å². The molecule has 0 fully saturated rings. The van der Waals surface area contributed by atoms with Crippen LogP contribution in [0.5, 0.6) is 5.75 Å². The summed E-state index contributed by atoms with van der Waals surface area (Å²) in [7, 11) is 0. The van der Waals surface area contributed by atoms with E-state index in [9.17, 15) is 0 Å². The van der Waals surface area contributed by atoms with E-state index in [4.69, 9.17) is 10.00 Å². The molecule has 18 heavy (non-hydrogen) atoms. The lowest BCUT2D eigenvalue weighted by Crippen LogP contribution is -2.21. The van der Waals surface area contributed by atoms with Gasteiger partial charge < -0.3 is 10.1 Å². The fraction of sp³-hybridized carbons (Fsp3) is 0.214. The lowest BCUT2D eigenvalue weighted by atomic mass is 10.1. The van der Waals surface area contributed by atoms with Gasteiger partial charge in [-0.05, 0) is 18.2 Å². The summed E-state index contributed by atoms with van der Waals surface area (Å²) >= 11 is 1.53. The van der Waals surface area contributed by atoms with Crippen LogP contribution in [0.2, 0.25) is 0 Å². The van der Waals surface area contributed by atoms with Crippen molar-refractivity contribution in [1.29, 1.82) is 5.26 Å². The largest absolute Gasteiger partial charge is 0.491 e. The summed E-state index contributed by atoms with van der Waals surface area (Å²) in [4.78, 5) is 1.94. The average molecular weight is 256 g/mol. The molecule has 2 heterocycles. The molecular weight excluding hydrogens is 244 g/mol. The molecule has 1 aliphatic rings. The van der Waals surface area contributed by atoms with Crippen molar-refractivity contribution in [1.82, 2.24) is 5.32 Å². The highest BCUT2D eigenvalue weighted by molar-refractivity contribution is 7.12. The number of nitrogens with one attached hydrogen (secondary N) is 1. The Bertz CT molecular complexity index is 600. The Morgan fingerprint density at radius 2 is 2.22 bits per heavy atom. The van der Waals surface area contributed by atoms with Gasteiger partial charge in [0, 0.05) is 17.0 Å². The molecule has 1 aliphatic heterocycles. The second-order valence-corrected chi connectivity index (χ2v) is 5.33. The molecule has 0 amide bonds. The molecule has 90 valence electrons. The molecule has 0 saturated carbocycles. The van der Waals surface area contributed by atoms with Crippen molar-refractivity contribution < 1.29 is 4.74 Å². The van der Waals surface area contributed by atoms with E-state index in [1.165, 1.54) is 21.8 Å². The number of nitriles is 1.